The third kappa shape index (κ3) is 2.83. The lowest BCUT2D eigenvalue weighted by Crippen LogP contribution is -2.01. The number of thiophene rings is 1. The lowest BCUT2D eigenvalue weighted by molar-refractivity contribution is 1.12. The highest BCUT2D eigenvalue weighted by Gasteiger charge is 2.11. The lowest BCUT2D eigenvalue weighted by Gasteiger charge is -2.09. The van der Waals surface area contributed by atoms with Crippen molar-refractivity contribution in [1.29, 1.82) is 0 Å². The van der Waals surface area contributed by atoms with E-state index in [0.29, 0.717) is 0 Å². The van der Waals surface area contributed by atoms with Crippen LogP contribution in [-0.4, -0.2) is 4.98 Å². The molecule has 4 aromatic rings. The van der Waals surface area contributed by atoms with Gasteiger partial charge in [0.1, 0.15) is 5.82 Å². The number of pyridine rings is 1. The predicted molar refractivity (Wildman–Crippen MR) is 98.8 cm³/mol. The minimum Gasteiger partial charge on any atom is -0.365 e. The molecule has 0 unspecified atom stereocenters. The quantitative estimate of drug-likeness (QED) is 0.532. The Hall–Kier alpha value is -2.65. The van der Waals surface area contributed by atoms with Gasteiger partial charge in [-0.3, -0.25) is 0 Å². The van der Waals surface area contributed by atoms with Crippen LogP contribution in [0.25, 0.3) is 21.2 Å². The van der Waals surface area contributed by atoms with Crippen LogP contribution >= 0.6 is 11.3 Å². The van der Waals surface area contributed by atoms with Gasteiger partial charge in [-0.25, -0.2) is 4.98 Å². The summed E-state index contributed by atoms with van der Waals surface area (Å²) < 4.78 is 1.26. The summed E-state index contributed by atoms with van der Waals surface area (Å²) in [6, 6.07) is 23.0. The molecular formula is C20H16N2S. The van der Waals surface area contributed by atoms with E-state index in [1.54, 1.807) is 11.3 Å². The van der Waals surface area contributed by atoms with Crippen LogP contribution in [0, 0.1) is 0 Å². The second kappa shape index (κ2) is 6.23. The summed E-state index contributed by atoms with van der Waals surface area (Å²) in [5.74, 6) is 0.950. The molecule has 0 amide bonds. The van der Waals surface area contributed by atoms with Gasteiger partial charge in [-0.1, -0.05) is 60.7 Å². The fourth-order valence-corrected chi connectivity index (χ4v) is 3.69. The molecular weight excluding hydrogens is 300 g/mol. The van der Waals surface area contributed by atoms with Gasteiger partial charge in [0, 0.05) is 28.4 Å². The molecule has 0 spiro atoms. The molecule has 0 aliphatic rings. The first-order valence-corrected chi connectivity index (χ1v) is 8.49. The van der Waals surface area contributed by atoms with Crippen LogP contribution in [0.5, 0.6) is 0 Å². The summed E-state index contributed by atoms with van der Waals surface area (Å²) in [6.07, 6.45) is 1.88. The molecule has 0 saturated heterocycles. The third-order valence-corrected chi connectivity index (χ3v) is 4.82. The second-order valence-corrected chi connectivity index (χ2v) is 6.30. The van der Waals surface area contributed by atoms with Crippen molar-refractivity contribution in [3.8, 4) is 11.1 Å². The molecule has 4 rings (SSSR count). The maximum Gasteiger partial charge on any atom is 0.135 e. The van der Waals surface area contributed by atoms with Gasteiger partial charge in [0.15, 0.2) is 0 Å². The van der Waals surface area contributed by atoms with Crippen molar-refractivity contribution < 1.29 is 0 Å². The minimum atomic E-state index is 0.775. The number of anilines is 1. The van der Waals surface area contributed by atoms with Gasteiger partial charge in [0.25, 0.3) is 0 Å². The molecule has 0 fully saturated rings. The van der Waals surface area contributed by atoms with E-state index in [4.69, 9.17) is 0 Å². The maximum atomic E-state index is 4.58. The van der Waals surface area contributed by atoms with Gasteiger partial charge < -0.3 is 5.32 Å². The Morgan fingerprint density at radius 1 is 0.870 bits per heavy atom. The van der Waals surface area contributed by atoms with E-state index < -0.39 is 0 Å². The summed E-state index contributed by atoms with van der Waals surface area (Å²) in [5.41, 5.74) is 3.73. The molecule has 1 N–H and O–H groups in total. The minimum absolute atomic E-state index is 0.775. The Morgan fingerprint density at radius 2 is 1.61 bits per heavy atom. The first-order chi connectivity index (χ1) is 11.4. The molecule has 112 valence electrons. The second-order valence-electron chi connectivity index (χ2n) is 5.39. The predicted octanol–water partition coefficient (Wildman–Crippen LogP) is 5.58. The van der Waals surface area contributed by atoms with Gasteiger partial charge in [0.2, 0.25) is 0 Å². The maximum absolute atomic E-state index is 4.58. The Morgan fingerprint density at radius 3 is 2.39 bits per heavy atom. The molecule has 2 aromatic heterocycles. The highest BCUT2D eigenvalue weighted by Crippen LogP contribution is 2.37. The Balaban J connectivity index is 1.73. The fourth-order valence-electron chi connectivity index (χ4n) is 2.73. The third-order valence-electron chi connectivity index (χ3n) is 3.87. The van der Waals surface area contributed by atoms with E-state index in [0.717, 1.165) is 12.4 Å². The highest BCUT2D eigenvalue weighted by atomic mass is 32.1. The molecule has 2 aromatic carbocycles. The molecule has 0 saturated carbocycles. The van der Waals surface area contributed by atoms with Crippen molar-refractivity contribution in [3.63, 3.8) is 0 Å². The summed E-state index contributed by atoms with van der Waals surface area (Å²) in [6.45, 7) is 0.775. The smallest absolute Gasteiger partial charge is 0.135 e. The van der Waals surface area contributed by atoms with Gasteiger partial charge in [-0.15, -0.1) is 11.3 Å². The van der Waals surface area contributed by atoms with Crippen LogP contribution in [0.4, 0.5) is 5.82 Å². The van der Waals surface area contributed by atoms with E-state index in [9.17, 15) is 0 Å². The summed E-state index contributed by atoms with van der Waals surface area (Å²) in [4.78, 5) is 4.58. The molecule has 2 nitrogen and oxygen atoms in total. The van der Waals surface area contributed by atoms with Crippen LogP contribution in [-0.2, 0) is 6.54 Å². The molecule has 2 heterocycles. The number of fused-ring (bicyclic) bond motifs is 1. The summed E-state index contributed by atoms with van der Waals surface area (Å²) >= 11 is 1.76. The van der Waals surface area contributed by atoms with E-state index in [-0.39, 0.29) is 0 Å². The SMILES string of the molecule is c1ccc(CNc2nccc3scc(-c4ccccc4)c23)cc1. The molecule has 0 aliphatic heterocycles. The van der Waals surface area contributed by atoms with Crippen molar-refractivity contribution in [2.45, 2.75) is 6.54 Å². The fraction of sp³-hybridized carbons (Fsp3) is 0.0500. The molecule has 23 heavy (non-hydrogen) atoms. The first-order valence-electron chi connectivity index (χ1n) is 7.61. The Labute approximate surface area is 139 Å². The topological polar surface area (TPSA) is 24.9 Å². The molecule has 0 aliphatic carbocycles. The number of rotatable bonds is 4. The monoisotopic (exact) mass is 316 g/mol. The number of benzene rings is 2. The summed E-state index contributed by atoms with van der Waals surface area (Å²) in [5, 5.41) is 6.92. The van der Waals surface area contributed by atoms with Crippen LogP contribution in [0.3, 0.4) is 0 Å². The van der Waals surface area contributed by atoms with E-state index in [2.05, 4.69) is 70.3 Å². The average molecular weight is 316 g/mol. The molecule has 0 radical (unpaired) electrons. The largest absolute Gasteiger partial charge is 0.365 e. The van der Waals surface area contributed by atoms with Crippen molar-refractivity contribution >= 4 is 27.2 Å². The average Bonchev–Trinajstić information content (AvgIpc) is 3.06. The number of aromatic nitrogens is 1. The zero-order valence-electron chi connectivity index (χ0n) is 12.6. The van der Waals surface area contributed by atoms with Gasteiger partial charge in [0.05, 0.1) is 0 Å². The van der Waals surface area contributed by atoms with E-state index in [1.165, 1.54) is 26.8 Å². The van der Waals surface area contributed by atoms with E-state index >= 15 is 0 Å². The number of nitrogens with zero attached hydrogens (tertiary/aromatic N) is 1. The lowest BCUT2D eigenvalue weighted by atomic mass is 10.1. The van der Waals surface area contributed by atoms with Gasteiger partial charge in [-0.2, -0.15) is 0 Å². The zero-order valence-corrected chi connectivity index (χ0v) is 13.4. The Kier molecular flexibility index (Phi) is 3.78. The first kappa shape index (κ1) is 14.0. The molecule has 0 atom stereocenters. The molecule has 0 bridgehead atoms. The van der Waals surface area contributed by atoms with Crippen molar-refractivity contribution in [1.82, 2.24) is 4.98 Å². The van der Waals surface area contributed by atoms with Crippen LogP contribution < -0.4 is 5.32 Å². The van der Waals surface area contributed by atoms with Crippen LogP contribution in [0.2, 0.25) is 0 Å². The zero-order chi connectivity index (χ0) is 15.5. The van der Waals surface area contributed by atoms with Crippen molar-refractivity contribution in [3.05, 3.63) is 83.9 Å². The highest BCUT2D eigenvalue weighted by molar-refractivity contribution is 7.17. The van der Waals surface area contributed by atoms with Crippen LogP contribution in [0.1, 0.15) is 5.56 Å². The standard InChI is InChI=1S/C20H16N2S/c1-3-7-15(8-4-1)13-22-20-19-17(16-9-5-2-6-10-16)14-23-18(19)11-12-21-20/h1-12,14H,13H2,(H,21,22). The number of hydrogen-bond acceptors (Lipinski definition) is 3. The normalized spacial score (nSPS) is 10.8. The number of nitrogens with one attached hydrogen (secondary N) is 1. The van der Waals surface area contributed by atoms with Crippen LogP contribution in [0.15, 0.2) is 78.3 Å². The number of hydrogen-bond donors (Lipinski definition) is 1. The van der Waals surface area contributed by atoms with Gasteiger partial charge >= 0.3 is 0 Å². The van der Waals surface area contributed by atoms with Crippen molar-refractivity contribution in [2.75, 3.05) is 5.32 Å². The van der Waals surface area contributed by atoms with Gasteiger partial charge in [-0.05, 0) is 22.6 Å². The Bertz CT molecular complexity index is 914. The summed E-state index contributed by atoms with van der Waals surface area (Å²) in [7, 11) is 0. The molecule has 3 heteroatoms. The van der Waals surface area contributed by atoms with Crippen molar-refractivity contribution in [2.24, 2.45) is 0 Å². The van der Waals surface area contributed by atoms with E-state index in [1.807, 2.05) is 18.3 Å².